The van der Waals surface area contributed by atoms with Crippen molar-refractivity contribution in [2.24, 2.45) is 0 Å². The Bertz CT molecular complexity index is 436. The Morgan fingerprint density at radius 1 is 1.30 bits per heavy atom. The van der Waals surface area contributed by atoms with E-state index in [0.29, 0.717) is 5.02 Å². The van der Waals surface area contributed by atoms with Crippen LogP contribution in [0.3, 0.4) is 0 Å². The quantitative estimate of drug-likeness (QED) is 0.560. The van der Waals surface area contributed by atoms with E-state index in [-0.39, 0.29) is 5.97 Å². The molecule has 0 aliphatic rings. The number of carbonyl (C=O) groups is 1. The molecule has 1 unspecified atom stereocenters. The molecule has 0 radical (unpaired) electrons. The van der Waals surface area contributed by atoms with Crippen LogP contribution in [0.1, 0.15) is 46.0 Å². The van der Waals surface area contributed by atoms with Gasteiger partial charge in [-0.05, 0) is 25.5 Å². The number of hydrogen-bond donors (Lipinski definition) is 1. The monoisotopic (exact) mass is 297 g/mol. The van der Waals surface area contributed by atoms with Crippen molar-refractivity contribution in [1.82, 2.24) is 0 Å². The summed E-state index contributed by atoms with van der Waals surface area (Å²) in [6, 6.07) is 7.43. The summed E-state index contributed by atoms with van der Waals surface area (Å²) in [6.07, 6.45) is 5.19. The summed E-state index contributed by atoms with van der Waals surface area (Å²) < 4.78 is 4.94. The third kappa shape index (κ3) is 4.71. The second-order valence-corrected chi connectivity index (χ2v) is 5.65. The van der Waals surface area contributed by atoms with Crippen LogP contribution in [0.15, 0.2) is 24.3 Å². The molecule has 0 spiro atoms. The molecule has 0 heterocycles. The number of esters is 1. The van der Waals surface area contributed by atoms with Gasteiger partial charge in [-0.15, -0.1) is 0 Å². The van der Waals surface area contributed by atoms with E-state index < -0.39 is 5.54 Å². The van der Waals surface area contributed by atoms with E-state index in [9.17, 15) is 4.79 Å². The van der Waals surface area contributed by atoms with Crippen molar-refractivity contribution >= 4 is 23.3 Å². The van der Waals surface area contributed by atoms with Gasteiger partial charge in [0.15, 0.2) is 0 Å². The van der Waals surface area contributed by atoms with Crippen LogP contribution in [0, 0.1) is 0 Å². The van der Waals surface area contributed by atoms with Gasteiger partial charge in [-0.2, -0.15) is 0 Å². The van der Waals surface area contributed by atoms with Gasteiger partial charge >= 0.3 is 5.97 Å². The molecular formula is C16H24ClNO2. The summed E-state index contributed by atoms with van der Waals surface area (Å²) in [7, 11) is 1.42. The van der Waals surface area contributed by atoms with E-state index in [1.165, 1.54) is 20.0 Å². The van der Waals surface area contributed by atoms with Crippen molar-refractivity contribution < 1.29 is 9.53 Å². The number of nitrogens with one attached hydrogen (secondary N) is 1. The van der Waals surface area contributed by atoms with Crippen LogP contribution in [0.2, 0.25) is 5.02 Å². The lowest BCUT2D eigenvalue weighted by Gasteiger charge is -2.29. The molecular weight excluding hydrogens is 274 g/mol. The second-order valence-electron chi connectivity index (χ2n) is 5.24. The van der Waals surface area contributed by atoms with E-state index in [1.54, 1.807) is 6.07 Å². The summed E-state index contributed by atoms with van der Waals surface area (Å²) in [4.78, 5) is 12.1. The average molecular weight is 298 g/mol. The standard InChI is InChI=1S/C16H24ClNO2/c1-4-5-6-9-12-16(2,15(19)20-3)18-14-11-8-7-10-13(14)17/h7-8,10-11,18H,4-6,9,12H2,1-3H3. The molecule has 0 amide bonds. The number of anilines is 1. The Morgan fingerprint density at radius 3 is 2.60 bits per heavy atom. The van der Waals surface area contributed by atoms with Gasteiger partial charge in [0.05, 0.1) is 17.8 Å². The molecule has 20 heavy (non-hydrogen) atoms. The molecule has 4 heteroatoms. The highest BCUT2D eigenvalue weighted by Crippen LogP contribution is 2.28. The number of halogens is 1. The minimum atomic E-state index is -0.743. The van der Waals surface area contributed by atoms with Crippen molar-refractivity contribution in [2.75, 3.05) is 12.4 Å². The molecule has 1 aromatic carbocycles. The Labute approximate surface area is 126 Å². The van der Waals surface area contributed by atoms with Crippen LogP contribution in [0.25, 0.3) is 0 Å². The average Bonchev–Trinajstić information content (AvgIpc) is 2.45. The van der Waals surface area contributed by atoms with Gasteiger partial charge in [-0.3, -0.25) is 0 Å². The van der Waals surface area contributed by atoms with E-state index >= 15 is 0 Å². The van der Waals surface area contributed by atoms with Crippen molar-refractivity contribution in [3.8, 4) is 0 Å². The van der Waals surface area contributed by atoms with Crippen LogP contribution in [0.5, 0.6) is 0 Å². The Morgan fingerprint density at radius 2 is 2.00 bits per heavy atom. The molecule has 0 saturated heterocycles. The highest BCUT2D eigenvalue weighted by atomic mass is 35.5. The van der Waals surface area contributed by atoms with Crippen LogP contribution in [0.4, 0.5) is 5.69 Å². The molecule has 3 nitrogen and oxygen atoms in total. The first-order valence-electron chi connectivity index (χ1n) is 7.14. The predicted molar refractivity (Wildman–Crippen MR) is 84.3 cm³/mol. The lowest BCUT2D eigenvalue weighted by Crippen LogP contribution is -2.44. The van der Waals surface area contributed by atoms with E-state index in [4.69, 9.17) is 16.3 Å². The first kappa shape index (κ1) is 16.8. The number of methoxy groups -OCH3 is 1. The number of rotatable bonds is 8. The second kappa shape index (κ2) is 8.15. The Kier molecular flexibility index (Phi) is 6.86. The zero-order chi connectivity index (χ0) is 15.0. The minimum Gasteiger partial charge on any atom is -0.467 e. The van der Waals surface area contributed by atoms with E-state index in [0.717, 1.165) is 24.9 Å². The van der Waals surface area contributed by atoms with Crippen molar-refractivity contribution in [1.29, 1.82) is 0 Å². The fourth-order valence-electron chi connectivity index (χ4n) is 2.21. The highest BCUT2D eigenvalue weighted by molar-refractivity contribution is 6.33. The van der Waals surface area contributed by atoms with Gasteiger partial charge in [-0.1, -0.05) is 56.3 Å². The molecule has 0 aliphatic heterocycles. The number of para-hydroxylation sites is 1. The minimum absolute atomic E-state index is 0.256. The fraction of sp³-hybridized carbons (Fsp3) is 0.562. The van der Waals surface area contributed by atoms with Gasteiger partial charge in [0, 0.05) is 0 Å². The van der Waals surface area contributed by atoms with Gasteiger partial charge < -0.3 is 10.1 Å². The van der Waals surface area contributed by atoms with Gasteiger partial charge in [-0.25, -0.2) is 4.79 Å². The van der Waals surface area contributed by atoms with Crippen LogP contribution in [-0.2, 0) is 9.53 Å². The van der Waals surface area contributed by atoms with E-state index in [1.807, 2.05) is 25.1 Å². The third-order valence-electron chi connectivity index (χ3n) is 3.45. The topological polar surface area (TPSA) is 38.3 Å². The number of hydrogen-bond acceptors (Lipinski definition) is 3. The van der Waals surface area contributed by atoms with Crippen LogP contribution >= 0.6 is 11.6 Å². The molecule has 112 valence electrons. The normalized spacial score (nSPS) is 13.6. The first-order valence-corrected chi connectivity index (χ1v) is 7.52. The molecule has 0 saturated carbocycles. The molecule has 1 aromatic rings. The Hall–Kier alpha value is -1.22. The summed E-state index contributed by atoms with van der Waals surface area (Å²) in [5.74, 6) is -0.256. The molecule has 1 atom stereocenters. The molecule has 0 aliphatic carbocycles. The summed E-state index contributed by atoms with van der Waals surface area (Å²) in [5, 5.41) is 3.85. The number of unbranched alkanes of at least 4 members (excludes halogenated alkanes) is 3. The fourth-order valence-corrected chi connectivity index (χ4v) is 2.39. The summed E-state index contributed by atoms with van der Waals surface area (Å²) in [6.45, 7) is 4.04. The maximum Gasteiger partial charge on any atom is 0.331 e. The van der Waals surface area contributed by atoms with Crippen molar-refractivity contribution in [3.05, 3.63) is 29.3 Å². The van der Waals surface area contributed by atoms with E-state index in [2.05, 4.69) is 12.2 Å². The smallest absolute Gasteiger partial charge is 0.331 e. The van der Waals surface area contributed by atoms with Gasteiger partial charge in [0.25, 0.3) is 0 Å². The Balaban J connectivity index is 2.78. The largest absolute Gasteiger partial charge is 0.467 e. The summed E-state index contributed by atoms with van der Waals surface area (Å²) in [5.41, 5.74) is 0.0191. The van der Waals surface area contributed by atoms with Gasteiger partial charge in [0.1, 0.15) is 5.54 Å². The van der Waals surface area contributed by atoms with Crippen molar-refractivity contribution in [2.45, 2.75) is 51.5 Å². The third-order valence-corrected chi connectivity index (χ3v) is 3.78. The molecule has 1 N–H and O–H groups in total. The molecule has 0 bridgehead atoms. The summed E-state index contributed by atoms with van der Waals surface area (Å²) >= 11 is 6.15. The molecule has 0 fully saturated rings. The van der Waals surface area contributed by atoms with Crippen molar-refractivity contribution in [3.63, 3.8) is 0 Å². The number of benzene rings is 1. The van der Waals surface area contributed by atoms with Crippen LogP contribution < -0.4 is 5.32 Å². The van der Waals surface area contributed by atoms with Crippen LogP contribution in [-0.4, -0.2) is 18.6 Å². The SMILES string of the molecule is CCCCCCC(C)(Nc1ccccc1Cl)C(=O)OC. The van der Waals surface area contributed by atoms with Gasteiger partial charge in [0.2, 0.25) is 0 Å². The zero-order valence-corrected chi connectivity index (χ0v) is 13.3. The molecule has 0 aromatic heterocycles. The number of ether oxygens (including phenoxy) is 1. The molecule has 1 rings (SSSR count). The first-order chi connectivity index (χ1) is 9.53. The lowest BCUT2D eigenvalue weighted by atomic mass is 9.93. The predicted octanol–water partition coefficient (Wildman–Crippen LogP) is 4.65. The number of carbonyl (C=O) groups excluding carboxylic acids is 1. The lowest BCUT2D eigenvalue weighted by molar-refractivity contribution is -0.145. The zero-order valence-electron chi connectivity index (χ0n) is 12.5. The maximum absolute atomic E-state index is 12.1. The highest BCUT2D eigenvalue weighted by Gasteiger charge is 2.34. The maximum atomic E-state index is 12.1.